The van der Waals surface area contributed by atoms with Crippen LogP contribution in [-0.4, -0.2) is 49.7 Å². The van der Waals surface area contributed by atoms with E-state index in [9.17, 15) is 4.79 Å². The first-order valence-corrected chi connectivity index (χ1v) is 10.1. The molecule has 0 saturated carbocycles. The zero-order valence-corrected chi connectivity index (χ0v) is 16.7. The molecule has 4 heteroatoms. The summed E-state index contributed by atoms with van der Waals surface area (Å²) in [6, 6.07) is 16.8. The van der Waals surface area contributed by atoms with Crippen LogP contribution in [0.15, 0.2) is 60.7 Å². The zero-order chi connectivity index (χ0) is 19.5. The molecular weight excluding hydrogens is 348 g/mol. The molecule has 1 saturated heterocycles. The van der Waals surface area contributed by atoms with Crippen molar-refractivity contribution in [1.82, 2.24) is 4.90 Å². The molecule has 146 valence electrons. The molecule has 1 fully saturated rings. The third-order valence-corrected chi connectivity index (χ3v) is 5.65. The molecule has 2 aliphatic rings. The lowest BCUT2D eigenvalue weighted by Crippen LogP contribution is -2.38. The number of hydrogen-bond donors (Lipinski definition) is 0. The number of anilines is 1. The number of hydrogen-bond acceptors (Lipinski definition) is 3. The van der Waals surface area contributed by atoms with Crippen LogP contribution in [0.2, 0.25) is 0 Å². The SMILES string of the molecule is CC(C)[C@@H]1C=CCN1C(=O)c1ccc(-c2ccc(N3CCOCC3)cc2)cc1. The van der Waals surface area contributed by atoms with Crippen LogP contribution in [0, 0.1) is 5.92 Å². The number of ether oxygens (including phenoxy) is 1. The van der Waals surface area contributed by atoms with E-state index in [1.165, 1.54) is 11.3 Å². The fraction of sp³-hybridized carbons (Fsp3) is 0.375. The Balaban J connectivity index is 1.46. The summed E-state index contributed by atoms with van der Waals surface area (Å²) < 4.78 is 5.42. The normalized spacial score (nSPS) is 19.5. The minimum atomic E-state index is 0.109. The molecule has 0 bridgehead atoms. The van der Waals surface area contributed by atoms with Gasteiger partial charge in [-0.3, -0.25) is 4.79 Å². The number of nitrogens with zero attached hydrogens (tertiary/aromatic N) is 2. The van der Waals surface area contributed by atoms with Crippen LogP contribution in [0.4, 0.5) is 5.69 Å². The molecule has 4 rings (SSSR count). The summed E-state index contributed by atoms with van der Waals surface area (Å²) in [5.74, 6) is 0.532. The summed E-state index contributed by atoms with van der Waals surface area (Å²) in [6.45, 7) is 8.49. The summed E-state index contributed by atoms with van der Waals surface area (Å²) in [6.07, 6.45) is 4.24. The number of morpholine rings is 1. The largest absolute Gasteiger partial charge is 0.378 e. The van der Waals surface area contributed by atoms with E-state index in [1.54, 1.807) is 0 Å². The van der Waals surface area contributed by atoms with E-state index in [0.29, 0.717) is 12.5 Å². The van der Waals surface area contributed by atoms with Crippen LogP contribution >= 0.6 is 0 Å². The molecule has 2 aromatic carbocycles. The average molecular weight is 377 g/mol. The van der Waals surface area contributed by atoms with E-state index in [4.69, 9.17) is 4.74 Å². The van der Waals surface area contributed by atoms with Crippen molar-refractivity contribution in [3.63, 3.8) is 0 Å². The van der Waals surface area contributed by atoms with E-state index in [1.807, 2.05) is 29.2 Å². The lowest BCUT2D eigenvalue weighted by Gasteiger charge is -2.29. The van der Waals surface area contributed by atoms with Gasteiger partial charge < -0.3 is 14.5 Å². The minimum absolute atomic E-state index is 0.109. The second-order valence-electron chi connectivity index (χ2n) is 7.84. The molecule has 28 heavy (non-hydrogen) atoms. The highest BCUT2D eigenvalue weighted by atomic mass is 16.5. The van der Waals surface area contributed by atoms with Crippen LogP contribution < -0.4 is 4.90 Å². The minimum Gasteiger partial charge on any atom is -0.378 e. The highest BCUT2D eigenvalue weighted by molar-refractivity contribution is 5.95. The molecule has 1 amide bonds. The van der Waals surface area contributed by atoms with Gasteiger partial charge in [-0.1, -0.05) is 50.3 Å². The van der Waals surface area contributed by atoms with Crippen molar-refractivity contribution >= 4 is 11.6 Å². The van der Waals surface area contributed by atoms with Gasteiger partial charge in [-0.25, -0.2) is 0 Å². The van der Waals surface area contributed by atoms with Gasteiger partial charge in [-0.2, -0.15) is 0 Å². The molecule has 0 N–H and O–H groups in total. The Morgan fingerprint density at radius 1 is 0.964 bits per heavy atom. The Labute approximate surface area is 167 Å². The van der Waals surface area contributed by atoms with Crippen molar-refractivity contribution in [2.75, 3.05) is 37.7 Å². The third-order valence-electron chi connectivity index (χ3n) is 5.65. The van der Waals surface area contributed by atoms with Crippen molar-refractivity contribution in [1.29, 1.82) is 0 Å². The second-order valence-corrected chi connectivity index (χ2v) is 7.84. The van der Waals surface area contributed by atoms with Crippen molar-refractivity contribution in [3.8, 4) is 11.1 Å². The van der Waals surface area contributed by atoms with Crippen LogP contribution in [0.1, 0.15) is 24.2 Å². The smallest absolute Gasteiger partial charge is 0.254 e. The molecule has 0 unspecified atom stereocenters. The number of amides is 1. The Bertz CT molecular complexity index is 834. The molecule has 0 aromatic heterocycles. The van der Waals surface area contributed by atoms with Crippen LogP contribution in [0.25, 0.3) is 11.1 Å². The van der Waals surface area contributed by atoms with E-state index < -0.39 is 0 Å². The van der Waals surface area contributed by atoms with Crippen molar-refractivity contribution in [3.05, 3.63) is 66.2 Å². The first-order valence-electron chi connectivity index (χ1n) is 10.1. The molecule has 0 radical (unpaired) electrons. The molecule has 0 aliphatic carbocycles. The maximum atomic E-state index is 12.9. The van der Waals surface area contributed by atoms with E-state index in [-0.39, 0.29) is 11.9 Å². The fourth-order valence-corrected chi connectivity index (χ4v) is 4.00. The first-order chi connectivity index (χ1) is 13.6. The summed E-state index contributed by atoms with van der Waals surface area (Å²) in [5, 5.41) is 0. The second kappa shape index (κ2) is 8.19. The van der Waals surface area contributed by atoms with Crippen LogP contribution in [0.5, 0.6) is 0 Å². The predicted molar refractivity (Wildman–Crippen MR) is 114 cm³/mol. The molecule has 1 atom stereocenters. The van der Waals surface area contributed by atoms with Gasteiger partial charge in [0.15, 0.2) is 0 Å². The Kier molecular flexibility index (Phi) is 5.49. The monoisotopic (exact) mass is 376 g/mol. The van der Waals surface area contributed by atoms with Gasteiger partial charge in [-0.15, -0.1) is 0 Å². The maximum Gasteiger partial charge on any atom is 0.254 e. The van der Waals surface area contributed by atoms with Crippen LogP contribution in [-0.2, 0) is 4.74 Å². The Hall–Kier alpha value is -2.59. The molecular formula is C24H28N2O2. The van der Waals surface area contributed by atoms with E-state index in [2.05, 4.69) is 55.2 Å². The van der Waals surface area contributed by atoms with Gasteiger partial charge in [0.05, 0.1) is 19.3 Å². The summed E-state index contributed by atoms with van der Waals surface area (Å²) >= 11 is 0. The van der Waals surface area contributed by atoms with Gasteiger partial charge in [0, 0.05) is 30.9 Å². The standard InChI is InChI=1S/C24H28N2O2/c1-18(2)23-4-3-13-26(23)24(27)21-7-5-19(6-8-21)20-9-11-22(12-10-20)25-14-16-28-17-15-25/h3-12,18,23H,13-17H2,1-2H3/t23-/m0/s1. The molecule has 2 aliphatic heterocycles. The number of rotatable bonds is 4. The summed E-state index contributed by atoms with van der Waals surface area (Å²) in [5.41, 5.74) is 4.28. The van der Waals surface area contributed by atoms with Gasteiger partial charge in [0.1, 0.15) is 0 Å². The molecule has 0 spiro atoms. The summed E-state index contributed by atoms with van der Waals surface area (Å²) in [4.78, 5) is 17.2. The zero-order valence-electron chi connectivity index (χ0n) is 16.7. The van der Waals surface area contributed by atoms with E-state index in [0.717, 1.165) is 37.4 Å². The number of carbonyl (C=O) groups excluding carboxylic acids is 1. The third kappa shape index (κ3) is 3.83. The van der Waals surface area contributed by atoms with Gasteiger partial charge in [0.25, 0.3) is 5.91 Å². The highest BCUT2D eigenvalue weighted by Crippen LogP contribution is 2.26. The number of carbonyl (C=O) groups is 1. The molecule has 2 heterocycles. The quantitative estimate of drug-likeness (QED) is 0.749. The predicted octanol–water partition coefficient (Wildman–Crippen LogP) is 4.23. The number of benzene rings is 2. The molecule has 2 aromatic rings. The molecule has 4 nitrogen and oxygen atoms in total. The first kappa shape index (κ1) is 18.8. The van der Waals surface area contributed by atoms with Crippen molar-refractivity contribution in [2.45, 2.75) is 19.9 Å². The van der Waals surface area contributed by atoms with Crippen molar-refractivity contribution in [2.24, 2.45) is 5.92 Å². The van der Waals surface area contributed by atoms with Crippen LogP contribution in [0.3, 0.4) is 0 Å². The van der Waals surface area contributed by atoms with Gasteiger partial charge in [0.2, 0.25) is 0 Å². The lowest BCUT2D eigenvalue weighted by atomic mass is 10.0. The van der Waals surface area contributed by atoms with Gasteiger partial charge in [-0.05, 0) is 41.3 Å². The summed E-state index contributed by atoms with van der Waals surface area (Å²) in [7, 11) is 0. The highest BCUT2D eigenvalue weighted by Gasteiger charge is 2.27. The topological polar surface area (TPSA) is 32.8 Å². The van der Waals surface area contributed by atoms with Gasteiger partial charge >= 0.3 is 0 Å². The Morgan fingerprint density at radius 2 is 1.57 bits per heavy atom. The Morgan fingerprint density at radius 3 is 2.18 bits per heavy atom. The lowest BCUT2D eigenvalue weighted by molar-refractivity contribution is 0.0720. The van der Waals surface area contributed by atoms with Crippen molar-refractivity contribution < 1.29 is 9.53 Å². The average Bonchev–Trinajstić information content (AvgIpc) is 3.24. The van der Waals surface area contributed by atoms with E-state index >= 15 is 0 Å². The maximum absolute atomic E-state index is 12.9. The fourth-order valence-electron chi connectivity index (χ4n) is 4.00.